The second-order valence-electron chi connectivity index (χ2n) is 10.2. The number of aromatic nitrogens is 2. The fourth-order valence-corrected chi connectivity index (χ4v) is 5.84. The molecule has 5 heteroatoms. The van der Waals surface area contributed by atoms with E-state index in [1.807, 2.05) is 7.11 Å². The van der Waals surface area contributed by atoms with Crippen LogP contribution in [0.4, 0.5) is 0 Å². The first-order chi connectivity index (χ1) is 15.5. The van der Waals surface area contributed by atoms with Crippen molar-refractivity contribution < 1.29 is 4.74 Å². The van der Waals surface area contributed by atoms with Crippen molar-refractivity contribution in [3.8, 4) is 0 Å². The summed E-state index contributed by atoms with van der Waals surface area (Å²) in [7, 11) is 1.81. The SMILES string of the molecule is COCCN(Cc1c(C)nn(C(C)C)c1C)C[C@@H]1CCCN(C2Cc3ccccc3C2)C1. The van der Waals surface area contributed by atoms with Crippen LogP contribution >= 0.6 is 0 Å². The zero-order valence-electron chi connectivity index (χ0n) is 20.8. The number of likely N-dealkylation sites (tertiary alicyclic amines) is 1. The Labute approximate surface area is 194 Å². The molecule has 0 N–H and O–H groups in total. The highest BCUT2D eigenvalue weighted by Gasteiger charge is 2.31. The molecule has 4 rings (SSSR count). The molecular formula is C27H42N4O. The van der Waals surface area contributed by atoms with Gasteiger partial charge in [0.05, 0.1) is 12.3 Å². The lowest BCUT2D eigenvalue weighted by molar-refractivity contribution is 0.0842. The van der Waals surface area contributed by atoms with Crippen LogP contribution in [0.25, 0.3) is 0 Å². The Hall–Kier alpha value is -1.69. The Balaban J connectivity index is 1.40. The Morgan fingerprint density at radius 2 is 1.88 bits per heavy atom. The van der Waals surface area contributed by atoms with Crippen LogP contribution in [-0.4, -0.2) is 65.5 Å². The fourth-order valence-electron chi connectivity index (χ4n) is 5.84. The molecule has 32 heavy (non-hydrogen) atoms. The zero-order valence-corrected chi connectivity index (χ0v) is 20.8. The summed E-state index contributed by atoms with van der Waals surface area (Å²) in [6.45, 7) is 15.2. The van der Waals surface area contributed by atoms with Gasteiger partial charge in [-0.05, 0) is 77.0 Å². The van der Waals surface area contributed by atoms with E-state index in [0.717, 1.165) is 32.2 Å². The molecular weight excluding hydrogens is 396 g/mol. The summed E-state index contributed by atoms with van der Waals surface area (Å²) in [5.74, 6) is 0.727. The van der Waals surface area contributed by atoms with Crippen molar-refractivity contribution >= 4 is 0 Å². The van der Waals surface area contributed by atoms with Crippen molar-refractivity contribution in [3.63, 3.8) is 0 Å². The fraction of sp³-hybridized carbons (Fsp3) is 0.667. The lowest BCUT2D eigenvalue weighted by Crippen LogP contribution is -2.46. The van der Waals surface area contributed by atoms with Gasteiger partial charge in [-0.25, -0.2) is 0 Å². The molecule has 2 heterocycles. The van der Waals surface area contributed by atoms with E-state index in [0.29, 0.717) is 12.1 Å². The first-order valence-electron chi connectivity index (χ1n) is 12.5. The number of hydrogen-bond donors (Lipinski definition) is 0. The summed E-state index contributed by atoms with van der Waals surface area (Å²) < 4.78 is 7.65. The second-order valence-corrected chi connectivity index (χ2v) is 10.2. The van der Waals surface area contributed by atoms with Crippen molar-refractivity contribution in [3.05, 3.63) is 52.3 Å². The van der Waals surface area contributed by atoms with Crippen molar-refractivity contribution in [2.45, 2.75) is 72.0 Å². The summed E-state index contributed by atoms with van der Waals surface area (Å²) >= 11 is 0. The van der Waals surface area contributed by atoms with Crippen LogP contribution in [0.2, 0.25) is 0 Å². The van der Waals surface area contributed by atoms with Gasteiger partial charge < -0.3 is 4.74 Å². The summed E-state index contributed by atoms with van der Waals surface area (Å²) in [5, 5.41) is 4.82. The lowest BCUT2D eigenvalue weighted by atomic mass is 9.95. The number of benzene rings is 1. The smallest absolute Gasteiger partial charge is 0.0641 e. The molecule has 1 atom stereocenters. The van der Waals surface area contributed by atoms with E-state index in [1.165, 1.54) is 55.7 Å². The number of fused-ring (bicyclic) bond motifs is 1. The van der Waals surface area contributed by atoms with Crippen LogP contribution < -0.4 is 0 Å². The van der Waals surface area contributed by atoms with Crippen molar-refractivity contribution in [1.29, 1.82) is 0 Å². The third-order valence-corrected chi connectivity index (χ3v) is 7.57. The van der Waals surface area contributed by atoms with Crippen molar-refractivity contribution in [2.75, 3.05) is 39.9 Å². The van der Waals surface area contributed by atoms with Gasteiger partial charge in [0, 0.05) is 56.6 Å². The van der Waals surface area contributed by atoms with Crippen LogP contribution in [0.1, 0.15) is 60.8 Å². The summed E-state index contributed by atoms with van der Waals surface area (Å²) in [5.41, 5.74) is 7.01. The minimum absolute atomic E-state index is 0.400. The first-order valence-corrected chi connectivity index (χ1v) is 12.5. The third kappa shape index (κ3) is 5.27. The van der Waals surface area contributed by atoms with Gasteiger partial charge in [0.1, 0.15) is 0 Å². The number of methoxy groups -OCH3 is 1. The molecule has 1 fully saturated rings. The maximum atomic E-state index is 5.47. The summed E-state index contributed by atoms with van der Waals surface area (Å²) in [4.78, 5) is 5.40. The Bertz CT molecular complexity index is 865. The average molecular weight is 439 g/mol. The molecule has 2 aromatic rings. The molecule has 5 nitrogen and oxygen atoms in total. The van der Waals surface area contributed by atoms with Gasteiger partial charge in [-0.3, -0.25) is 14.5 Å². The third-order valence-electron chi connectivity index (χ3n) is 7.57. The van der Waals surface area contributed by atoms with Gasteiger partial charge in [-0.1, -0.05) is 24.3 Å². The van der Waals surface area contributed by atoms with E-state index in [-0.39, 0.29) is 0 Å². The molecule has 1 aromatic heterocycles. The minimum atomic E-state index is 0.400. The number of hydrogen-bond acceptors (Lipinski definition) is 4. The van der Waals surface area contributed by atoms with E-state index in [2.05, 4.69) is 66.4 Å². The van der Waals surface area contributed by atoms with Gasteiger partial charge in [0.2, 0.25) is 0 Å². The topological polar surface area (TPSA) is 33.5 Å². The number of piperidine rings is 1. The molecule has 1 aliphatic heterocycles. The highest BCUT2D eigenvalue weighted by molar-refractivity contribution is 5.33. The average Bonchev–Trinajstić information content (AvgIpc) is 3.34. The monoisotopic (exact) mass is 438 g/mol. The van der Waals surface area contributed by atoms with E-state index < -0.39 is 0 Å². The van der Waals surface area contributed by atoms with Gasteiger partial charge in [0.15, 0.2) is 0 Å². The minimum Gasteiger partial charge on any atom is -0.383 e. The van der Waals surface area contributed by atoms with Gasteiger partial charge >= 0.3 is 0 Å². The predicted octanol–water partition coefficient (Wildman–Crippen LogP) is 4.41. The van der Waals surface area contributed by atoms with Crippen LogP contribution in [0, 0.1) is 19.8 Å². The van der Waals surface area contributed by atoms with E-state index in [9.17, 15) is 0 Å². The maximum Gasteiger partial charge on any atom is 0.0641 e. The molecule has 0 bridgehead atoms. The Morgan fingerprint density at radius 1 is 1.16 bits per heavy atom. The van der Waals surface area contributed by atoms with E-state index >= 15 is 0 Å². The van der Waals surface area contributed by atoms with Crippen LogP contribution in [0.5, 0.6) is 0 Å². The van der Waals surface area contributed by atoms with E-state index in [4.69, 9.17) is 9.84 Å². The molecule has 0 saturated carbocycles. The molecule has 1 saturated heterocycles. The molecule has 1 aliphatic carbocycles. The summed E-state index contributed by atoms with van der Waals surface area (Å²) in [6.07, 6.45) is 5.11. The summed E-state index contributed by atoms with van der Waals surface area (Å²) in [6, 6.07) is 10.1. The molecule has 0 radical (unpaired) electrons. The van der Waals surface area contributed by atoms with Crippen molar-refractivity contribution in [2.24, 2.45) is 5.92 Å². The van der Waals surface area contributed by atoms with Crippen LogP contribution in [-0.2, 0) is 24.1 Å². The molecule has 176 valence electrons. The first kappa shape index (κ1) is 23.5. The largest absolute Gasteiger partial charge is 0.383 e. The van der Waals surface area contributed by atoms with Gasteiger partial charge in [-0.15, -0.1) is 0 Å². The molecule has 0 amide bonds. The Kier molecular flexibility index (Phi) is 7.70. The molecule has 0 unspecified atom stereocenters. The number of nitrogens with zero attached hydrogens (tertiary/aromatic N) is 4. The molecule has 1 aromatic carbocycles. The molecule has 0 spiro atoms. The van der Waals surface area contributed by atoms with E-state index in [1.54, 1.807) is 11.1 Å². The zero-order chi connectivity index (χ0) is 22.7. The van der Waals surface area contributed by atoms with Crippen molar-refractivity contribution in [1.82, 2.24) is 19.6 Å². The van der Waals surface area contributed by atoms with Gasteiger partial charge in [-0.2, -0.15) is 5.10 Å². The van der Waals surface area contributed by atoms with Gasteiger partial charge in [0.25, 0.3) is 0 Å². The lowest BCUT2D eigenvalue weighted by Gasteiger charge is -2.39. The van der Waals surface area contributed by atoms with Crippen LogP contribution in [0.15, 0.2) is 24.3 Å². The van der Waals surface area contributed by atoms with Crippen LogP contribution in [0.3, 0.4) is 0 Å². The quantitative estimate of drug-likeness (QED) is 0.581. The number of ether oxygens (including phenoxy) is 1. The highest BCUT2D eigenvalue weighted by atomic mass is 16.5. The maximum absolute atomic E-state index is 5.47. The normalized spacial score (nSPS) is 19.9. The second kappa shape index (κ2) is 10.5. The standard InChI is InChI=1S/C27H42N4O/c1-20(2)31-22(4)27(21(3)28-31)19-29(13-14-32-5)17-23-9-8-12-30(18-23)26-15-24-10-6-7-11-25(24)16-26/h6-7,10-11,20,23,26H,8-9,12-19H2,1-5H3/t23-/m0/s1. The number of rotatable bonds is 9. The molecule has 2 aliphatic rings. The highest BCUT2D eigenvalue weighted by Crippen LogP contribution is 2.29. The number of aryl methyl sites for hydroxylation is 1. The Morgan fingerprint density at radius 3 is 2.50 bits per heavy atom. The predicted molar refractivity (Wildman–Crippen MR) is 131 cm³/mol.